The van der Waals surface area contributed by atoms with Gasteiger partial charge in [0.25, 0.3) is 5.78 Å². The molecular weight excluding hydrogens is 154 g/mol. The molecule has 0 bridgehead atoms. The number of hydrogen-bond acceptors (Lipinski definition) is 2. The quantitative estimate of drug-likeness (QED) is 0.615. The van der Waals surface area contributed by atoms with Crippen molar-refractivity contribution < 1.29 is 18.3 Å². The average molecular weight is 162 g/mol. The van der Waals surface area contributed by atoms with E-state index in [-0.39, 0.29) is 5.76 Å². The maximum absolute atomic E-state index is 11.7. The molecule has 1 heterocycles. The molecule has 0 saturated carbocycles. The fourth-order valence-electron chi connectivity index (χ4n) is 0.837. The van der Waals surface area contributed by atoms with E-state index >= 15 is 0 Å². The van der Waals surface area contributed by atoms with E-state index in [4.69, 9.17) is 4.74 Å². The molecule has 1 rings (SSSR count). The minimum Gasteiger partial charge on any atom is -0.490 e. The summed E-state index contributed by atoms with van der Waals surface area (Å²) in [5, 5.41) is 0. The topological polar surface area (TPSA) is 26.3 Å². The highest BCUT2D eigenvalue weighted by Crippen LogP contribution is 2.13. The molecule has 0 radical (unpaired) electrons. The molecule has 1 aliphatic rings. The van der Waals surface area contributed by atoms with Gasteiger partial charge in [0, 0.05) is 0 Å². The Hall–Kier alpha value is -0.930. The molecule has 0 aromatic carbocycles. The van der Waals surface area contributed by atoms with Crippen molar-refractivity contribution in [2.24, 2.45) is 0 Å². The third-order valence-electron chi connectivity index (χ3n) is 1.38. The van der Waals surface area contributed by atoms with Crippen LogP contribution in [0.4, 0.5) is 8.78 Å². The molecule has 0 spiro atoms. The number of Topliss-reactive ketones (excluding diaryl/α,β-unsaturated/α-hetero) is 1. The van der Waals surface area contributed by atoms with Gasteiger partial charge in [-0.3, -0.25) is 4.79 Å². The van der Waals surface area contributed by atoms with Crippen LogP contribution in [-0.4, -0.2) is 18.8 Å². The van der Waals surface area contributed by atoms with Gasteiger partial charge in [0.1, 0.15) is 0 Å². The molecule has 0 aliphatic carbocycles. The molecule has 62 valence electrons. The standard InChI is InChI=1S/C7H8F2O2/c8-7(9)6(10)5-3-1-2-4-11-5/h3,7H,1-2,4H2. The number of ketones is 1. The normalized spacial score (nSPS) is 17.5. The minimum absolute atomic E-state index is 0.175. The van der Waals surface area contributed by atoms with Crippen LogP contribution in [0.5, 0.6) is 0 Å². The maximum Gasteiger partial charge on any atom is 0.303 e. The van der Waals surface area contributed by atoms with Crippen LogP contribution in [0.2, 0.25) is 0 Å². The number of allylic oxidation sites excluding steroid dienone is 2. The molecule has 0 fully saturated rings. The van der Waals surface area contributed by atoms with Gasteiger partial charge >= 0.3 is 6.43 Å². The van der Waals surface area contributed by atoms with E-state index in [2.05, 4.69) is 0 Å². The number of rotatable bonds is 2. The van der Waals surface area contributed by atoms with Gasteiger partial charge in [0.05, 0.1) is 6.61 Å². The van der Waals surface area contributed by atoms with Crippen molar-refractivity contribution in [1.29, 1.82) is 0 Å². The number of carbonyl (C=O) groups is 1. The van der Waals surface area contributed by atoms with Crippen molar-refractivity contribution in [2.75, 3.05) is 6.61 Å². The van der Waals surface area contributed by atoms with E-state index in [0.717, 1.165) is 6.42 Å². The Kier molecular flexibility index (Phi) is 2.57. The number of ether oxygens (including phenoxy) is 1. The first kappa shape index (κ1) is 8.17. The second-order valence-corrected chi connectivity index (χ2v) is 2.22. The van der Waals surface area contributed by atoms with Gasteiger partial charge in [0.2, 0.25) is 0 Å². The van der Waals surface area contributed by atoms with Crippen LogP contribution in [0.1, 0.15) is 12.8 Å². The molecule has 0 aromatic rings. The lowest BCUT2D eigenvalue weighted by Gasteiger charge is -2.12. The molecule has 0 atom stereocenters. The molecule has 0 N–H and O–H groups in total. The third-order valence-corrected chi connectivity index (χ3v) is 1.38. The van der Waals surface area contributed by atoms with Gasteiger partial charge < -0.3 is 4.74 Å². The van der Waals surface area contributed by atoms with Gasteiger partial charge in [0.15, 0.2) is 5.76 Å². The molecule has 11 heavy (non-hydrogen) atoms. The van der Waals surface area contributed by atoms with Gasteiger partial charge in [-0.15, -0.1) is 0 Å². The summed E-state index contributed by atoms with van der Waals surface area (Å²) in [6.07, 6.45) is -0.0921. The largest absolute Gasteiger partial charge is 0.490 e. The number of halogens is 2. The number of hydrogen-bond donors (Lipinski definition) is 0. The van der Waals surface area contributed by atoms with Crippen LogP contribution in [0, 0.1) is 0 Å². The Balaban J connectivity index is 2.58. The van der Waals surface area contributed by atoms with E-state index in [1.54, 1.807) is 0 Å². The molecule has 0 aromatic heterocycles. The molecular formula is C7H8F2O2. The molecule has 0 unspecified atom stereocenters. The minimum atomic E-state index is -2.95. The average Bonchev–Trinajstić information content (AvgIpc) is 2.05. The van der Waals surface area contributed by atoms with Crippen molar-refractivity contribution in [2.45, 2.75) is 19.3 Å². The first-order valence-electron chi connectivity index (χ1n) is 3.37. The van der Waals surface area contributed by atoms with Crippen molar-refractivity contribution in [3.63, 3.8) is 0 Å². The predicted octanol–water partition coefficient (Wildman–Crippen LogP) is 1.51. The lowest BCUT2D eigenvalue weighted by molar-refractivity contribution is -0.129. The predicted molar refractivity (Wildman–Crippen MR) is 34.3 cm³/mol. The summed E-state index contributed by atoms with van der Waals surface area (Å²) in [6.45, 7) is 0.365. The fraction of sp³-hybridized carbons (Fsp3) is 0.571. The zero-order chi connectivity index (χ0) is 8.27. The van der Waals surface area contributed by atoms with Crippen molar-refractivity contribution in [3.8, 4) is 0 Å². The Bertz CT molecular complexity index is 187. The summed E-state index contributed by atoms with van der Waals surface area (Å²) in [7, 11) is 0. The zero-order valence-electron chi connectivity index (χ0n) is 5.85. The smallest absolute Gasteiger partial charge is 0.303 e. The number of carbonyl (C=O) groups excluding carboxylic acids is 1. The second-order valence-electron chi connectivity index (χ2n) is 2.22. The summed E-state index contributed by atoms with van der Waals surface area (Å²) in [5.41, 5.74) is 0. The van der Waals surface area contributed by atoms with Crippen LogP contribution in [0.3, 0.4) is 0 Å². The first-order chi connectivity index (χ1) is 5.22. The van der Waals surface area contributed by atoms with E-state index < -0.39 is 12.2 Å². The maximum atomic E-state index is 11.7. The Morgan fingerprint density at radius 3 is 2.82 bits per heavy atom. The summed E-state index contributed by atoms with van der Waals surface area (Å²) in [4.78, 5) is 10.6. The fourth-order valence-corrected chi connectivity index (χ4v) is 0.837. The van der Waals surface area contributed by atoms with Crippen LogP contribution in [-0.2, 0) is 9.53 Å². The highest BCUT2D eigenvalue weighted by atomic mass is 19.3. The molecule has 0 saturated heterocycles. The lowest BCUT2D eigenvalue weighted by atomic mass is 10.2. The van der Waals surface area contributed by atoms with Gasteiger partial charge in [-0.2, -0.15) is 0 Å². The lowest BCUT2D eigenvalue weighted by Crippen LogP contribution is -2.17. The van der Waals surface area contributed by atoms with E-state index in [0.29, 0.717) is 13.0 Å². The van der Waals surface area contributed by atoms with E-state index in [9.17, 15) is 13.6 Å². The SMILES string of the molecule is O=C(C1=CCCCO1)C(F)F. The van der Waals surface area contributed by atoms with Crippen LogP contribution in [0.15, 0.2) is 11.8 Å². The summed E-state index contributed by atoms with van der Waals surface area (Å²) in [6, 6.07) is 0. The van der Waals surface area contributed by atoms with Crippen molar-refractivity contribution >= 4 is 5.78 Å². The van der Waals surface area contributed by atoms with Crippen molar-refractivity contribution in [3.05, 3.63) is 11.8 Å². The van der Waals surface area contributed by atoms with Gasteiger partial charge in [-0.1, -0.05) is 0 Å². The number of alkyl halides is 2. The summed E-state index contributed by atoms with van der Waals surface area (Å²) < 4.78 is 28.2. The highest BCUT2D eigenvalue weighted by molar-refractivity contribution is 5.95. The van der Waals surface area contributed by atoms with Crippen LogP contribution < -0.4 is 0 Å². The van der Waals surface area contributed by atoms with Gasteiger partial charge in [-0.05, 0) is 18.9 Å². The molecule has 4 heteroatoms. The zero-order valence-corrected chi connectivity index (χ0v) is 5.85. The molecule has 1 aliphatic heterocycles. The monoisotopic (exact) mass is 162 g/mol. The molecule has 2 nitrogen and oxygen atoms in total. The van der Waals surface area contributed by atoms with Crippen molar-refractivity contribution in [1.82, 2.24) is 0 Å². The Morgan fingerprint density at radius 1 is 1.64 bits per heavy atom. The van der Waals surface area contributed by atoms with Gasteiger partial charge in [-0.25, -0.2) is 8.78 Å². The Morgan fingerprint density at radius 2 is 2.36 bits per heavy atom. The third kappa shape index (κ3) is 2.00. The molecule has 0 amide bonds. The van der Waals surface area contributed by atoms with E-state index in [1.807, 2.05) is 0 Å². The summed E-state index contributed by atoms with van der Waals surface area (Å²) in [5.74, 6) is -1.38. The summed E-state index contributed by atoms with van der Waals surface area (Å²) >= 11 is 0. The first-order valence-corrected chi connectivity index (χ1v) is 3.37. The Labute approximate surface area is 62.8 Å². The van der Waals surface area contributed by atoms with E-state index in [1.165, 1.54) is 6.08 Å². The highest BCUT2D eigenvalue weighted by Gasteiger charge is 2.22. The van der Waals surface area contributed by atoms with Crippen LogP contribution >= 0.6 is 0 Å². The van der Waals surface area contributed by atoms with Crippen LogP contribution in [0.25, 0.3) is 0 Å². The second kappa shape index (κ2) is 3.46.